The lowest BCUT2D eigenvalue weighted by atomic mass is 10.1. The fourth-order valence-corrected chi connectivity index (χ4v) is 11.7. The second-order valence-electron chi connectivity index (χ2n) is 26.7. The van der Waals surface area contributed by atoms with E-state index in [4.69, 9.17) is 39.0 Å². The molecule has 0 bridgehead atoms. The van der Waals surface area contributed by atoms with Crippen LogP contribution in [0.2, 0.25) is 0 Å². The number of benzene rings is 9. The third-order valence-electron chi connectivity index (χ3n) is 17.5. The summed E-state index contributed by atoms with van der Waals surface area (Å²) < 4.78 is 215. The van der Waals surface area contributed by atoms with E-state index in [-0.39, 0.29) is 72.5 Å². The molecule has 0 aliphatic heterocycles. The van der Waals surface area contributed by atoms with Crippen LogP contribution in [0, 0.1) is 0 Å². The van der Waals surface area contributed by atoms with Crippen LogP contribution in [0.4, 0.5) is 65.9 Å². The van der Waals surface area contributed by atoms with Crippen LogP contribution in [0.15, 0.2) is 189 Å². The standard InChI is InChI=1S/2C19H18F3N3O2.C12H13F3O3.C10H9F3O3.2C9H11N3.C8H5F3O3/c1-3-27-17-9-13(5-6-15(17)19(20,21)22)18(26)25(2)11-12-4-7-16-14(8-12)10-23-24-16;1-3-27-17-9-13(6-7-15(17)19(20,21)22)18(26)25(2)11-12-4-5-14-10-23-24-16(14)8-12;1-3-17-10-7-8(11(16)18-4-2)5-6-9(10)12(13,14)15;1-2-16-8-5-6(9(14)15)3-4-7(8)10(11,12)13;1-10-5-7-2-3-9-8(4-7)6-11-12-9;1-10-5-7-2-3-8-6-11-12-9(8)4-7;9-8(10,11)5-2-1-4(7(13)14)3-6(5)12/h2*4-10H,3,11H2,1-2H3,(H,23,24);5-7H,3-4H2,1-2H3;3-5H,2H2,1H3,(H,14,15);2*2-4,6,10H,5H2,1H3,(H,11,12);1-3,12H,(H,13,14). The van der Waals surface area contributed by atoms with Crippen LogP contribution in [-0.2, 0) is 61.8 Å². The van der Waals surface area contributed by atoms with Crippen molar-refractivity contribution in [2.45, 2.75) is 91.7 Å². The van der Waals surface area contributed by atoms with Gasteiger partial charge in [0.25, 0.3) is 11.8 Å². The van der Waals surface area contributed by atoms with Crippen LogP contribution in [0.1, 0.15) is 136 Å². The molecule has 2 amide bonds. The summed E-state index contributed by atoms with van der Waals surface area (Å²) in [5, 5.41) is 63.7. The van der Waals surface area contributed by atoms with Gasteiger partial charge in [0, 0.05) is 72.9 Å². The van der Waals surface area contributed by atoms with E-state index in [9.17, 15) is 89.8 Å². The number of halogens is 15. The van der Waals surface area contributed by atoms with E-state index >= 15 is 0 Å². The van der Waals surface area contributed by atoms with Gasteiger partial charge in [0.1, 0.15) is 28.7 Å². The number of phenols is 1. The van der Waals surface area contributed by atoms with Crippen LogP contribution in [0.3, 0.4) is 0 Å². The van der Waals surface area contributed by atoms with Crippen LogP contribution >= 0.6 is 0 Å². The molecule has 0 aliphatic rings. The number of carbonyl (C=O) groups excluding carboxylic acids is 3. The molecule has 0 radical (unpaired) electrons. The van der Waals surface area contributed by atoms with Crippen molar-refractivity contribution in [3.63, 3.8) is 0 Å². The number of alkyl halides is 15. The highest BCUT2D eigenvalue weighted by molar-refractivity contribution is 5.96. The number of aromatic carboxylic acids is 2. The Morgan fingerprint density at radius 2 is 0.643 bits per heavy atom. The first-order valence-electron chi connectivity index (χ1n) is 37.8. The number of rotatable bonds is 22. The molecule has 4 heterocycles. The van der Waals surface area contributed by atoms with Gasteiger partial charge in [-0.2, -0.15) is 86.3 Å². The predicted octanol–water partition coefficient (Wildman–Crippen LogP) is 19.3. The van der Waals surface area contributed by atoms with E-state index in [0.29, 0.717) is 31.3 Å². The summed E-state index contributed by atoms with van der Waals surface area (Å²) >= 11 is 0. The minimum Gasteiger partial charge on any atom is -0.507 e. The molecule has 0 spiro atoms. The van der Waals surface area contributed by atoms with Crippen molar-refractivity contribution < 1.29 is 129 Å². The number of carboxylic acids is 2. The topological polar surface area (TPSA) is 337 Å². The van der Waals surface area contributed by atoms with Gasteiger partial charge in [0.2, 0.25) is 0 Å². The van der Waals surface area contributed by atoms with Gasteiger partial charge in [0.15, 0.2) is 0 Å². The van der Waals surface area contributed by atoms with Gasteiger partial charge < -0.3 is 59.4 Å². The fraction of sp³-hybridized carbons (Fsp3) is 0.267. The van der Waals surface area contributed by atoms with E-state index in [1.165, 1.54) is 45.4 Å². The van der Waals surface area contributed by atoms with E-state index in [0.717, 1.165) is 123 Å². The number of nitrogens with zero attached hydrogens (tertiary/aromatic N) is 6. The second-order valence-corrected chi connectivity index (χ2v) is 26.7. The Labute approximate surface area is 708 Å². The maximum atomic E-state index is 13.1. The average molecular weight is 1780 g/mol. The van der Waals surface area contributed by atoms with Crippen molar-refractivity contribution >= 4 is 73.3 Å². The number of fused-ring (bicyclic) bond motifs is 4. The smallest absolute Gasteiger partial charge is 0.419 e. The number of carbonyl (C=O) groups is 5. The van der Waals surface area contributed by atoms with E-state index in [1.807, 2.05) is 62.9 Å². The SMILES string of the molecule is CCOC(=O)c1ccc(C(F)(F)F)c(OCC)c1.CCOc1cc(C(=O)N(C)Cc2ccc3[nH]ncc3c2)ccc1C(F)(F)F.CCOc1cc(C(=O)N(C)Cc2ccc3cn[nH]c3c2)ccc1C(F)(F)F.CCOc1cc(C(=O)O)ccc1C(F)(F)F.CNCc1ccc2[nH]ncc2c1.CNCc1ccc2cn[nH]c2c1.O=C(O)c1ccc(C(F)(F)F)c(O)c1. The van der Waals surface area contributed by atoms with Gasteiger partial charge in [-0.1, -0.05) is 36.4 Å². The number of hydrogen-bond donors (Lipinski definition) is 9. The molecule has 0 saturated heterocycles. The normalized spacial score (nSPS) is 11.3. The first-order valence-corrected chi connectivity index (χ1v) is 37.8. The van der Waals surface area contributed by atoms with Crippen LogP contribution < -0.4 is 29.6 Å². The Kier molecular flexibility index (Phi) is 35.4. The molecule has 0 atom stereocenters. The lowest BCUT2D eigenvalue weighted by Crippen LogP contribution is -2.26. The van der Waals surface area contributed by atoms with Crippen LogP contribution in [0.25, 0.3) is 43.6 Å². The zero-order valence-corrected chi connectivity index (χ0v) is 68.5. The van der Waals surface area contributed by atoms with Crippen molar-refractivity contribution in [2.75, 3.05) is 61.2 Å². The van der Waals surface area contributed by atoms with Gasteiger partial charge >= 0.3 is 48.8 Å². The third-order valence-corrected chi connectivity index (χ3v) is 17.5. The van der Waals surface area contributed by atoms with Crippen molar-refractivity contribution in [3.8, 4) is 28.7 Å². The lowest BCUT2D eigenvalue weighted by Gasteiger charge is -2.19. The fourth-order valence-electron chi connectivity index (χ4n) is 11.7. The number of aromatic hydroxyl groups is 1. The molecule has 13 rings (SSSR count). The highest BCUT2D eigenvalue weighted by Gasteiger charge is 2.39. The first kappa shape index (κ1) is 99.2. The Bertz CT molecular complexity index is 5570. The monoisotopic (exact) mass is 1780 g/mol. The number of aromatic amines is 4. The molecule has 13 aromatic rings. The number of amides is 2. The highest BCUT2D eigenvalue weighted by Crippen LogP contribution is 2.42. The number of carboxylic acid groups (broad SMARTS) is 2. The zero-order valence-electron chi connectivity index (χ0n) is 68.5. The predicted molar refractivity (Wildman–Crippen MR) is 435 cm³/mol. The Morgan fingerprint density at radius 3 is 1.01 bits per heavy atom. The molecule has 0 fully saturated rings. The maximum Gasteiger partial charge on any atom is 0.419 e. The average Bonchev–Trinajstić information content (AvgIpc) is 1.31. The van der Waals surface area contributed by atoms with E-state index < -0.39 is 105 Å². The summed E-state index contributed by atoms with van der Waals surface area (Å²) in [5.74, 6) is -6.75. The highest BCUT2D eigenvalue weighted by atomic mass is 19.4. The van der Waals surface area contributed by atoms with Gasteiger partial charge in [-0.15, -0.1) is 0 Å². The minimum absolute atomic E-state index is 0.0339. The van der Waals surface area contributed by atoms with Crippen molar-refractivity contribution in [1.82, 2.24) is 61.2 Å². The quantitative estimate of drug-likeness (QED) is 0.0225. The molecule has 4 aromatic heterocycles. The van der Waals surface area contributed by atoms with Crippen LogP contribution in [-0.4, -0.2) is 157 Å². The summed E-state index contributed by atoms with van der Waals surface area (Å²) in [4.78, 5) is 60.5. The molecule has 0 unspecified atom stereocenters. The number of esters is 1. The van der Waals surface area contributed by atoms with Crippen molar-refractivity contribution in [2.24, 2.45) is 0 Å². The molecule has 0 aliphatic carbocycles. The molecule has 40 heteroatoms. The molecule has 672 valence electrons. The largest absolute Gasteiger partial charge is 0.507 e. The van der Waals surface area contributed by atoms with Gasteiger partial charge in [-0.25, -0.2) is 14.4 Å². The summed E-state index contributed by atoms with van der Waals surface area (Å²) in [7, 11) is 7.08. The lowest BCUT2D eigenvalue weighted by molar-refractivity contribution is -0.139. The number of nitrogens with one attached hydrogen (secondary N) is 6. The molecule has 9 aromatic carbocycles. The molecular formula is C86H85F15N12O13. The number of phenolic OH excluding ortho intramolecular Hbond substituents is 1. The third kappa shape index (κ3) is 28.6. The van der Waals surface area contributed by atoms with Crippen molar-refractivity contribution in [1.29, 1.82) is 0 Å². The number of ether oxygens (including phenoxy) is 5. The zero-order chi connectivity index (χ0) is 93.0. The molecule has 9 N–H and O–H groups in total. The number of hydrogen-bond acceptors (Lipinski definition) is 17. The van der Waals surface area contributed by atoms with E-state index in [1.54, 1.807) is 54.2 Å². The summed E-state index contributed by atoms with van der Waals surface area (Å²) in [6.45, 7) is 10.7. The Hall–Kier alpha value is -13.9. The van der Waals surface area contributed by atoms with Crippen LogP contribution in [0.5, 0.6) is 28.7 Å². The van der Waals surface area contributed by atoms with Gasteiger partial charge in [0.05, 0.1) is 124 Å². The number of aromatic nitrogens is 8. The molecule has 126 heavy (non-hydrogen) atoms. The van der Waals surface area contributed by atoms with E-state index in [2.05, 4.69) is 87.8 Å². The Balaban J connectivity index is 0.000000206. The van der Waals surface area contributed by atoms with Gasteiger partial charge in [-0.3, -0.25) is 30.0 Å². The molecular weight excluding hydrogens is 1690 g/mol. The molecule has 25 nitrogen and oxygen atoms in total. The van der Waals surface area contributed by atoms with Gasteiger partial charge in [-0.05, 0) is 198 Å². The molecule has 0 saturated carbocycles. The summed E-state index contributed by atoms with van der Waals surface area (Å²) in [5.41, 5.74) is 3.00. The minimum atomic E-state index is -4.68. The Morgan fingerprint density at radius 1 is 0.349 bits per heavy atom. The maximum absolute atomic E-state index is 13.1. The number of H-pyrrole nitrogens is 4. The summed E-state index contributed by atoms with van der Waals surface area (Å²) in [6.07, 6.45) is -15.8. The first-order chi connectivity index (χ1) is 59.5. The second kappa shape index (κ2) is 44.9. The summed E-state index contributed by atoms with van der Waals surface area (Å²) in [6, 6.07) is 37.5. The van der Waals surface area contributed by atoms with Crippen molar-refractivity contribution in [3.05, 3.63) is 266 Å².